The van der Waals surface area contributed by atoms with Crippen LogP contribution in [0.3, 0.4) is 0 Å². The first-order valence-electron chi connectivity index (χ1n) is 5.90. The van der Waals surface area contributed by atoms with Crippen LogP contribution in [0.1, 0.15) is 36.3 Å². The minimum absolute atomic E-state index is 0.656. The number of hydrogen-bond donors (Lipinski definition) is 1. The monoisotopic (exact) mass is 240 g/mol. The van der Waals surface area contributed by atoms with Gasteiger partial charge in [-0.1, -0.05) is 11.6 Å². The second-order valence-electron chi connectivity index (χ2n) is 4.50. The van der Waals surface area contributed by atoms with Crippen molar-refractivity contribution < 1.29 is 4.52 Å². The Labute approximate surface area is 101 Å². The van der Waals surface area contributed by atoms with Crippen molar-refractivity contribution >= 4 is 11.8 Å². The van der Waals surface area contributed by atoms with Crippen molar-refractivity contribution in [3.8, 4) is 0 Å². The Morgan fingerprint density at radius 1 is 1.44 bits per heavy atom. The van der Waals surface area contributed by atoms with Crippen molar-refractivity contribution in [1.29, 1.82) is 0 Å². The van der Waals surface area contributed by atoms with E-state index >= 15 is 0 Å². The maximum Gasteiger partial charge on any atom is 0.138 e. The van der Waals surface area contributed by atoms with Gasteiger partial charge in [0.2, 0.25) is 0 Å². The Hall–Kier alpha value is -0.480. The lowest BCUT2D eigenvalue weighted by molar-refractivity contribution is 0.391. The van der Waals surface area contributed by atoms with Crippen LogP contribution >= 0.6 is 11.8 Å². The molecule has 2 rings (SSSR count). The van der Waals surface area contributed by atoms with Crippen molar-refractivity contribution in [2.24, 2.45) is 0 Å². The fraction of sp³-hybridized carbons (Fsp3) is 0.750. The van der Waals surface area contributed by atoms with Crippen LogP contribution in [-0.2, 0) is 6.54 Å². The molecule has 16 heavy (non-hydrogen) atoms. The van der Waals surface area contributed by atoms with Crippen molar-refractivity contribution in [3.05, 3.63) is 17.0 Å². The number of aromatic nitrogens is 1. The lowest BCUT2D eigenvalue weighted by atomic mass is 10.2. The molecular weight excluding hydrogens is 220 g/mol. The van der Waals surface area contributed by atoms with Gasteiger partial charge in [-0.05, 0) is 32.9 Å². The molecule has 1 saturated carbocycles. The molecule has 0 amide bonds. The van der Waals surface area contributed by atoms with Gasteiger partial charge < -0.3 is 9.84 Å². The summed E-state index contributed by atoms with van der Waals surface area (Å²) in [7, 11) is 0. The Morgan fingerprint density at radius 3 is 2.88 bits per heavy atom. The van der Waals surface area contributed by atoms with Crippen LogP contribution in [0.5, 0.6) is 0 Å². The quantitative estimate of drug-likeness (QED) is 0.878. The Morgan fingerprint density at radius 2 is 2.25 bits per heavy atom. The Kier molecular flexibility index (Phi) is 3.92. The summed E-state index contributed by atoms with van der Waals surface area (Å²) < 4.78 is 5.17. The summed E-state index contributed by atoms with van der Waals surface area (Å²) >= 11 is 1.98. The number of rotatable bonds is 4. The highest BCUT2D eigenvalue weighted by Gasteiger charge is 2.26. The molecule has 1 aromatic rings. The van der Waals surface area contributed by atoms with E-state index in [0.717, 1.165) is 23.2 Å². The number of nitrogens with zero attached hydrogens (tertiary/aromatic N) is 1. The first-order valence-corrected chi connectivity index (χ1v) is 7.19. The number of aryl methyl sites for hydroxylation is 2. The molecule has 1 aromatic heterocycles. The third kappa shape index (κ3) is 2.43. The minimum atomic E-state index is 0.656. The van der Waals surface area contributed by atoms with Gasteiger partial charge >= 0.3 is 0 Å². The molecule has 0 bridgehead atoms. The average Bonchev–Trinajstić information content (AvgIpc) is 2.84. The van der Waals surface area contributed by atoms with Gasteiger partial charge in [-0.3, -0.25) is 0 Å². The molecule has 1 aliphatic rings. The van der Waals surface area contributed by atoms with Crippen LogP contribution in [0.25, 0.3) is 0 Å². The summed E-state index contributed by atoms with van der Waals surface area (Å²) in [6.07, 6.45) is 6.21. The number of nitrogens with one attached hydrogen (secondary N) is 1. The summed E-state index contributed by atoms with van der Waals surface area (Å²) in [5, 5.41) is 8.40. The molecule has 0 spiro atoms. The molecule has 90 valence electrons. The van der Waals surface area contributed by atoms with Crippen LogP contribution in [0.4, 0.5) is 0 Å². The van der Waals surface area contributed by atoms with Gasteiger partial charge in [0.1, 0.15) is 5.76 Å². The second kappa shape index (κ2) is 5.23. The molecule has 0 aromatic carbocycles. The van der Waals surface area contributed by atoms with Crippen LogP contribution in [-0.4, -0.2) is 22.7 Å². The highest BCUT2D eigenvalue weighted by molar-refractivity contribution is 7.99. The normalized spacial score (nSPS) is 25.2. The van der Waals surface area contributed by atoms with Crippen LogP contribution in [0.2, 0.25) is 0 Å². The van der Waals surface area contributed by atoms with E-state index in [1.165, 1.54) is 24.8 Å². The first kappa shape index (κ1) is 12.0. The fourth-order valence-electron chi connectivity index (χ4n) is 2.43. The predicted molar refractivity (Wildman–Crippen MR) is 67.8 cm³/mol. The molecule has 0 aliphatic heterocycles. The molecule has 1 fully saturated rings. The van der Waals surface area contributed by atoms with E-state index in [4.69, 9.17) is 4.52 Å². The van der Waals surface area contributed by atoms with Crippen molar-refractivity contribution in [3.63, 3.8) is 0 Å². The van der Waals surface area contributed by atoms with E-state index in [1.807, 2.05) is 25.6 Å². The van der Waals surface area contributed by atoms with E-state index in [-0.39, 0.29) is 0 Å². The Bertz CT molecular complexity index is 331. The summed E-state index contributed by atoms with van der Waals surface area (Å²) in [6.45, 7) is 4.88. The fourth-order valence-corrected chi connectivity index (χ4v) is 3.39. The number of thioether (sulfide) groups is 1. The second-order valence-corrected chi connectivity index (χ2v) is 5.57. The van der Waals surface area contributed by atoms with E-state index in [0.29, 0.717) is 6.04 Å². The molecule has 0 saturated heterocycles. The maximum atomic E-state index is 5.17. The lowest BCUT2D eigenvalue weighted by Gasteiger charge is -2.18. The number of hydrogen-bond acceptors (Lipinski definition) is 4. The molecule has 3 nitrogen and oxygen atoms in total. The van der Waals surface area contributed by atoms with Crippen LogP contribution in [0.15, 0.2) is 4.52 Å². The zero-order chi connectivity index (χ0) is 11.5. The van der Waals surface area contributed by atoms with E-state index in [2.05, 4.69) is 16.7 Å². The van der Waals surface area contributed by atoms with Crippen LogP contribution < -0.4 is 5.32 Å². The third-order valence-corrected chi connectivity index (χ3v) is 4.65. The maximum absolute atomic E-state index is 5.17. The standard InChI is InChI=1S/C12H20N2OS/c1-8-10(9(2)15-14-8)7-13-11-5-4-6-12(11)16-3/h11-13H,4-7H2,1-3H3. The highest BCUT2D eigenvalue weighted by atomic mass is 32.2. The largest absolute Gasteiger partial charge is 0.361 e. The first-order chi connectivity index (χ1) is 7.72. The molecule has 2 atom stereocenters. The summed E-state index contributed by atoms with van der Waals surface area (Å²) in [6, 6.07) is 0.656. The molecule has 0 radical (unpaired) electrons. The average molecular weight is 240 g/mol. The molecular formula is C12H20N2OS. The SMILES string of the molecule is CSC1CCCC1NCc1c(C)noc1C. The molecule has 1 aliphatic carbocycles. The zero-order valence-electron chi connectivity index (χ0n) is 10.2. The highest BCUT2D eigenvalue weighted by Crippen LogP contribution is 2.28. The molecule has 2 unspecified atom stereocenters. The van der Waals surface area contributed by atoms with Gasteiger partial charge in [-0.15, -0.1) is 0 Å². The summed E-state index contributed by atoms with van der Waals surface area (Å²) in [5.41, 5.74) is 2.25. The minimum Gasteiger partial charge on any atom is -0.361 e. The lowest BCUT2D eigenvalue weighted by Crippen LogP contribution is -2.33. The van der Waals surface area contributed by atoms with E-state index in [9.17, 15) is 0 Å². The van der Waals surface area contributed by atoms with Gasteiger partial charge in [-0.25, -0.2) is 0 Å². The van der Waals surface area contributed by atoms with Gasteiger partial charge in [-0.2, -0.15) is 11.8 Å². The topological polar surface area (TPSA) is 38.1 Å². The summed E-state index contributed by atoms with van der Waals surface area (Å²) in [4.78, 5) is 0. The van der Waals surface area contributed by atoms with Crippen molar-refractivity contribution in [1.82, 2.24) is 10.5 Å². The van der Waals surface area contributed by atoms with Crippen LogP contribution in [0, 0.1) is 13.8 Å². The van der Waals surface area contributed by atoms with Crippen molar-refractivity contribution in [2.45, 2.75) is 50.9 Å². The van der Waals surface area contributed by atoms with E-state index < -0.39 is 0 Å². The van der Waals surface area contributed by atoms with Gasteiger partial charge in [0.15, 0.2) is 0 Å². The van der Waals surface area contributed by atoms with Gasteiger partial charge in [0.05, 0.1) is 5.69 Å². The van der Waals surface area contributed by atoms with Gasteiger partial charge in [0.25, 0.3) is 0 Å². The summed E-state index contributed by atoms with van der Waals surface area (Å²) in [5.74, 6) is 0.948. The Balaban J connectivity index is 1.92. The molecule has 1 heterocycles. The molecule has 4 heteroatoms. The molecule has 1 N–H and O–H groups in total. The van der Waals surface area contributed by atoms with Crippen molar-refractivity contribution in [2.75, 3.05) is 6.26 Å². The van der Waals surface area contributed by atoms with Gasteiger partial charge in [0, 0.05) is 23.4 Å². The smallest absolute Gasteiger partial charge is 0.138 e. The third-order valence-electron chi connectivity index (χ3n) is 3.48. The predicted octanol–water partition coefficient (Wildman–Crippen LogP) is 2.67. The zero-order valence-corrected chi connectivity index (χ0v) is 11.1. The van der Waals surface area contributed by atoms with E-state index in [1.54, 1.807) is 0 Å².